The molecule has 0 N–H and O–H groups in total. The van der Waals surface area contributed by atoms with Crippen LogP contribution in [-0.2, 0) is 14.3 Å². The summed E-state index contributed by atoms with van der Waals surface area (Å²) in [6, 6.07) is 7.54. The lowest BCUT2D eigenvalue weighted by molar-refractivity contribution is -0.145. The van der Waals surface area contributed by atoms with Gasteiger partial charge in [-0.05, 0) is 24.6 Å². The van der Waals surface area contributed by atoms with Crippen LogP contribution in [0.2, 0.25) is 5.02 Å². The number of halogens is 1. The number of Topliss-reactive ketones (excluding diaryl/α,β-unsaturated/α-hetero) is 1. The van der Waals surface area contributed by atoms with E-state index in [-0.39, 0.29) is 17.6 Å². The summed E-state index contributed by atoms with van der Waals surface area (Å²) in [6.45, 7) is 3.17. The standard InChI is InChI=1S/C13H15ClO3S/c1-9(11-3-5-12(14)6-4-11)18-8-13(16)7-17-10(2)15/h3-6,9H,7-8H2,1-2H3. The van der Waals surface area contributed by atoms with Gasteiger partial charge in [0.1, 0.15) is 0 Å². The van der Waals surface area contributed by atoms with Crippen molar-refractivity contribution in [1.82, 2.24) is 0 Å². The smallest absolute Gasteiger partial charge is 0.303 e. The zero-order valence-electron chi connectivity index (χ0n) is 10.3. The van der Waals surface area contributed by atoms with E-state index in [9.17, 15) is 9.59 Å². The molecule has 1 aromatic carbocycles. The molecule has 0 amide bonds. The Labute approximate surface area is 116 Å². The molecule has 3 nitrogen and oxygen atoms in total. The molecule has 0 aromatic heterocycles. The molecule has 1 aromatic rings. The van der Waals surface area contributed by atoms with Crippen molar-refractivity contribution < 1.29 is 14.3 Å². The lowest BCUT2D eigenvalue weighted by Crippen LogP contribution is -2.14. The zero-order chi connectivity index (χ0) is 13.5. The zero-order valence-corrected chi connectivity index (χ0v) is 11.9. The fraction of sp³-hybridized carbons (Fsp3) is 0.385. The first-order valence-electron chi connectivity index (χ1n) is 5.51. The summed E-state index contributed by atoms with van der Waals surface area (Å²) in [4.78, 5) is 22.0. The third kappa shape index (κ3) is 5.56. The van der Waals surface area contributed by atoms with Crippen LogP contribution in [0.4, 0.5) is 0 Å². The van der Waals surface area contributed by atoms with Gasteiger partial charge in [0, 0.05) is 17.2 Å². The van der Waals surface area contributed by atoms with Crippen LogP contribution in [0, 0.1) is 0 Å². The van der Waals surface area contributed by atoms with Gasteiger partial charge >= 0.3 is 5.97 Å². The van der Waals surface area contributed by atoms with Crippen molar-refractivity contribution in [3.63, 3.8) is 0 Å². The van der Waals surface area contributed by atoms with Crippen molar-refractivity contribution in [3.05, 3.63) is 34.9 Å². The van der Waals surface area contributed by atoms with E-state index < -0.39 is 5.97 Å². The number of thioether (sulfide) groups is 1. The maximum atomic E-state index is 11.4. The van der Waals surface area contributed by atoms with E-state index in [1.165, 1.54) is 18.7 Å². The largest absolute Gasteiger partial charge is 0.458 e. The van der Waals surface area contributed by atoms with Crippen molar-refractivity contribution in [2.75, 3.05) is 12.4 Å². The van der Waals surface area contributed by atoms with E-state index in [2.05, 4.69) is 4.74 Å². The summed E-state index contributed by atoms with van der Waals surface area (Å²) in [5.41, 5.74) is 1.12. The number of rotatable bonds is 6. The van der Waals surface area contributed by atoms with E-state index >= 15 is 0 Å². The molecule has 0 saturated heterocycles. The molecule has 1 atom stereocenters. The molecule has 18 heavy (non-hydrogen) atoms. The molecule has 0 saturated carbocycles. The van der Waals surface area contributed by atoms with Crippen LogP contribution in [0.5, 0.6) is 0 Å². The van der Waals surface area contributed by atoms with Gasteiger partial charge in [0.2, 0.25) is 0 Å². The second kappa shape index (κ2) is 7.44. The van der Waals surface area contributed by atoms with Crippen molar-refractivity contribution in [2.45, 2.75) is 19.1 Å². The highest BCUT2D eigenvalue weighted by Crippen LogP contribution is 2.28. The number of hydrogen-bond acceptors (Lipinski definition) is 4. The van der Waals surface area contributed by atoms with E-state index in [1.54, 1.807) is 0 Å². The topological polar surface area (TPSA) is 43.4 Å². The molecule has 0 aliphatic rings. The second-order valence-corrected chi connectivity index (χ2v) is 5.59. The average molecular weight is 287 g/mol. The van der Waals surface area contributed by atoms with Crippen LogP contribution < -0.4 is 0 Å². The normalized spacial score (nSPS) is 11.9. The Morgan fingerprint density at radius 2 is 1.94 bits per heavy atom. The fourth-order valence-electron chi connectivity index (χ4n) is 1.27. The number of benzene rings is 1. The van der Waals surface area contributed by atoms with Crippen LogP contribution in [0.15, 0.2) is 24.3 Å². The van der Waals surface area contributed by atoms with Gasteiger partial charge in [0.15, 0.2) is 12.4 Å². The molecule has 0 aliphatic heterocycles. The number of carbonyl (C=O) groups is 2. The minimum absolute atomic E-state index is 0.0870. The summed E-state index contributed by atoms with van der Waals surface area (Å²) in [6.07, 6.45) is 0. The van der Waals surface area contributed by atoms with E-state index in [0.717, 1.165) is 5.56 Å². The maximum absolute atomic E-state index is 11.4. The van der Waals surface area contributed by atoms with Crippen molar-refractivity contribution in [2.24, 2.45) is 0 Å². The second-order valence-electron chi connectivity index (χ2n) is 3.82. The van der Waals surface area contributed by atoms with Gasteiger partial charge in [0.25, 0.3) is 0 Å². The quantitative estimate of drug-likeness (QED) is 0.753. The van der Waals surface area contributed by atoms with Gasteiger partial charge in [-0.3, -0.25) is 9.59 Å². The van der Waals surface area contributed by atoms with Crippen LogP contribution in [0.1, 0.15) is 24.7 Å². The van der Waals surface area contributed by atoms with E-state index in [0.29, 0.717) is 10.8 Å². The van der Waals surface area contributed by atoms with Crippen LogP contribution in [-0.4, -0.2) is 24.1 Å². The number of esters is 1. The predicted octanol–water partition coefficient (Wildman–Crippen LogP) is 3.27. The monoisotopic (exact) mass is 286 g/mol. The van der Waals surface area contributed by atoms with Gasteiger partial charge in [-0.1, -0.05) is 23.7 Å². The highest BCUT2D eigenvalue weighted by Gasteiger charge is 2.10. The first-order chi connectivity index (χ1) is 8.49. The summed E-state index contributed by atoms with van der Waals surface area (Å²) in [7, 11) is 0. The molecule has 0 radical (unpaired) electrons. The molecular formula is C13H15ClO3S. The van der Waals surface area contributed by atoms with Gasteiger partial charge in [-0.25, -0.2) is 0 Å². The Bertz CT molecular complexity index is 417. The maximum Gasteiger partial charge on any atom is 0.303 e. The number of ketones is 1. The molecular weight excluding hydrogens is 272 g/mol. The lowest BCUT2D eigenvalue weighted by atomic mass is 10.2. The number of ether oxygens (including phenoxy) is 1. The minimum Gasteiger partial charge on any atom is -0.458 e. The van der Waals surface area contributed by atoms with Gasteiger partial charge in [0.05, 0.1) is 5.75 Å². The molecule has 1 unspecified atom stereocenters. The van der Waals surface area contributed by atoms with E-state index in [1.807, 2.05) is 31.2 Å². The first kappa shape index (κ1) is 15.1. The van der Waals surface area contributed by atoms with Gasteiger partial charge in [-0.15, -0.1) is 11.8 Å². The Morgan fingerprint density at radius 1 is 1.33 bits per heavy atom. The lowest BCUT2D eigenvalue weighted by Gasteiger charge is -2.11. The molecule has 98 valence electrons. The van der Waals surface area contributed by atoms with Crippen LogP contribution in [0.3, 0.4) is 0 Å². The van der Waals surface area contributed by atoms with Crippen LogP contribution in [0.25, 0.3) is 0 Å². The fourth-order valence-corrected chi connectivity index (χ4v) is 2.27. The number of hydrogen-bond donors (Lipinski definition) is 0. The Balaban J connectivity index is 2.36. The van der Waals surface area contributed by atoms with Crippen molar-refractivity contribution in [1.29, 1.82) is 0 Å². The highest BCUT2D eigenvalue weighted by atomic mass is 35.5. The summed E-state index contributed by atoms with van der Waals surface area (Å²) < 4.78 is 4.64. The van der Waals surface area contributed by atoms with Crippen molar-refractivity contribution in [3.8, 4) is 0 Å². The predicted molar refractivity (Wildman–Crippen MR) is 74.0 cm³/mol. The Kier molecular flexibility index (Phi) is 6.22. The number of carbonyl (C=O) groups excluding carboxylic acids is 2. The molecule has 0 spiro atoms. The summed E-state index contributed by atoms with van der Waals surface area (Å²) in [5, 5.41) is 0.894. The molecule has 1 rings (SSSR count). The Morgan fingerprint density at radius 3 is 2.50 bits per heavy atom. The summed E-state index contributed by atoms with van der Waals surface area (Å²) >= 11 is 7.32. The van der Waals surface area contributed by atoms with Gasteiger partial charge in [-0.2, -0.15) is 0 Å². The molecule has 0 bridgehead atoms. The average Bonchev–Trinajstić information content (AvgIpc) is 2.34. The Hall–Kier alpha value is -1.00. The van der Waals surface area contributed by atoms with Gasteiger partial charge < -0.3 is 4.74 Å². The molecule has 0 fully saturated rings. The minimum atomic E-state index is -0.431. The molecule has 5 heteroatoms. The molecule has 0 heterocycles. The third-order valence-electron chi connectivity index (χ3n) is 2.27. The van der Waals surface area contributed by atoms with Crippen LogP contribution >= 0.6 is 23.4 Å². The SMILES string of the molecule is CC(=O)OCC(=O)CSC(C)c1ccc(Cl)cc1. The molecule has 0 aliphatic carbocycles. The summed E-state index contributed by atoms with van der Waals surface area (Å²) in [5.74, 6) is -0.188. The van der Waals surface area contributed by atoms with Crippen molar-refractivity contribution >= 4 is 35.1 Å². The third-order valence-corrected chi connectivity index (χ3v) is 3.78. The first-order valence-corrected chi connectivity index (χ1v) is 6.94. The highest BCUT2D eigenvalue weighted by molar-refractivity contribution is 8.00. The van der Waals surface area contributed by atoms with E-state index in [4.69, 9.17) is 11.6 Å².